The second-order valence-corrected chi connectivity index (χ2v) is 7.43. The summed E-state index contributed by atoms with van der Waals surface area (Å²) in [5.41, 5.74) is 3.32. The van der Waals surface area contributed by atoms with E-state index in [1.165, 1.54) is 5.56 Å². The zero-order valence-corrected chi connectivity index (χ0v) is 17.0. The Morgan fingerprint density at radius 2 is 1.93 bits per heavy atom. The van der Waals surface area contributed by atoms with Gasteiger partial charge in [0.1, 0.15) is 11.4 Å². The maximum absolute atomic E-state index is 12.7. The normalized spacial score (nSPS) is 16.2. The number of hydrogen-bond donors (Lipinski definition) is 2. The van der Waals surface area contributed by atoms with Gasteiger partial charge in [0.2, 0.25) is 0 Å². The lowest BCUT2D eigenvalue weighted by Gasteiger charge is -2.17. The maximum atomic E-state index is 12.7. The van der Waals surface area contributed by atoms with Gasteiger partial charge in [0.25, 0.3) is 5.91 Å². The van der Waals surface area contributed by atoms with Crippen LogP contribution >= 0.6 is 0 Å². The van der Waals surface area contributed by atoms with Crippen LogP contribution in [0.15, 0.2) is 72.9 Å². The van der Waals surface area contributed by atoms with Crippen LogP contribution in [0.1, 0.15) is 22.5 Å². The summed E-state index contributed by atoms with van der Waals surface area (Å²) in [6.07, 6.45) is 2.58. The molecule has 0 saturated carbocycles. The molecular formula is C24H26N4O2. The van der Waals surface area contributed by atoms with Crippen LogP contribution in [-0.4, -0.2) is 42.0 Å². The van der Waals surface area contributed by atoms with E-state index in [1.807, 2.05) is 36.4 Å². The van der Waals surface area contributed by atoms with E-state index in [0.717, 1.165) is 43.2 Å². The first-order chi connectivity index (χ1) is 14.7. The number of likely N-dealkylation sites (tertiary alicyclic amines) is 1. The highest BCUT2D eigenvalue weighted by atomic mass is 16.5. The van der Waals surface area contributed by atoms with Gasteiger partial charge in [-0.3, -0.25) is 14.7 Å². The largest absolute Gasteiger partial charge is 0.495 e. The summed E-state index contributed by atoms with van der Waals surface area (Å²) in [5.74, 6) is 0.593. The lowest BCUT2D eigenvalue weighted by molar-refractivity contribution is 0.0932. The van der Waals surface area contributed by atoms with E-state index >= 15 is 0 Å². The van der Waals surface area contributed by atoms with Crippen LogP contribution in [0.25, 0.3) is 0 Å². The molecule has 4 rings (SSSR count). The van der Waals surface area contributed by atoms with Crippen molar-refractivity contribution in [1.29, 1.82) is 0 Å². The van der Waals surface area contributed by atoms with E-state index in [2.05, 4.69) is 44.8 Å². The van der Waals surface area contributed by atoms with Gasteiger partial charge in [-0.2, -0.15) is 0 Å². The molecule has 1 aliphatic heterocycles. The molecule has 6 heteroatoms. The highest BCUT2D eigenvalue weighted by Crippen LogP contribution is 2.27. The Labute approximate surface area is 176 Å². The van der Waals surface area contributed by atoms with E-state index in [-0.39, 0.29) is 11.9 Å². The monoisotopic (exact) mass is 402 g/mol. The molecule has 1 aromatic heterocycles. The number of methoxy groups -OCH3 is 1. The zero-order valence-electron chi connectivity index (χ0n) is 17.0. The second-order valence-electron chi connectivity index (χ2n) is 7.43. The summed E-state index contributed by atoms with van der Waals surface area (Å²) in [6.45, 7) is 2.73. The summed E-state index contributed by atoms with van der Waals surface area (Å²) in [7, 11) is 1.63. The minimum atomic E-state index is -0.148. The number of ether oxygens (including phenoxy) is 1. The number of nitrogens with zero attached hydrogens (tertiary/aromatic N) is 2. The topological polar surface area (TPSA) is 66.5 Å². The molecule has 1 amide bonds. The molecule has 1 atom stereocenters. The van der Waals surface area contributed by atoms with Gasteiger partial charge >= 0.3 is 0 Å². The van der Waals surface area contributed by atoms with Crippen molar-refractivity contribution < 1.29 is 9.53 Å². The Kier molecular flexibility index (Phi) is 6.25. The van der Waals surface area contributed by atoms with Crippen molar-refractivity contribution in [3.8, 4) is 5.75 Å². The first-order valence-electron chi connectivity index (χ1n) is 10.1. The number of benzene rings is 2. The van der Waals surface area contributed by atoms with E-state index in [4.69, 9.17) is 4.74 Å². The van der Waals surface area contributed by atoms with Crippen molar-refractivity contribution in [2.24, 2.45) is 0 Å². The number of carbonyl (C=O) groups excluding carboxylic acids is 1. The lowest BCUT2D eigenvalue weighted by Crippen LogP contribution is -2.37. The Hall–Kier alpha value is -3.38. The van der Waals surface area contributed by atoms with Crippen LogP contribution in [0.3, 0.4) is 0 Å². The molecule has 2 N–H and O–H groups in total. The number of pyridine rings is 1. The number of rotatable bonds is 7. The molecule has 2 aromatic carbocycles. The van der Waals surface area contributed by atoms with Crippen molar-refractivity contribution in [2.75, 3.05) is 25.5 Å². The first kappa shape index (κ1) is 19.9. The van der Waals surface area contributed by atoms with E-state index in [1.54, 1.807) is 19.4 Å². The summed E-state index contributed by atoms with van der Waals surface area (Å²) in [4.78, 5) is 19.4. The van der Waals surface area contributed by atoms with E-state index in [0.29, 0.717) is 5.69 Å². The van der Waals surface area contributed by atoms with Gasteiger partial charge in [0.05, 0.1) is 12.8 Å². The Morgan fingerprint density at radius 3 is 2.77 bits per heavy atom. The fourth-order valence-electron chi connectivity index (χ4n) is 3.73. The van der Waals surface area contributed by atoms with Crippen LogP contribution < -0.4 is 15.4 Å². The molecule has 1 fully saturated rings. The summed E-state index contributed by atoms with van der Waals surface area (Å²) >= 11 is 0. The van der Waals surface area contributed by atoms with Crippen LogP contribution in [0.5, 0.6) is 5.75 Å². The first-order valence-corrected chi connectivity index (χ1v) is 10.1. The molecule has 3 aromatic rings. The average Bonchev–Trinajstić information content (AvgIpc) is 3.21. The van der Waals surface area contributed by atoms with Crippen molar-refractivity contribution >= 4 is 17.3 Å². The quantitative estimate of drug-likeness (QED) is 0.629. The number of aromatic nitrogens is 1. The van der Waals surface area contributed by atoms with Gasteiger partial charge in [-0.15, -0.1) is 0 Å². The second kappa shape index (κ2) is 9.41. The third kappa shape index (κ3) is 4.96. The molecule has 0 spiro atoms. The van der Waals surface area contributed by atoms with Gasteiger partial charge in [0.15, 0.2) is 0 Å². The van der Waals surface area contributed by atoms with Crippen LogP contribution in [0, 0.1) is 0 Å². The van der Waals surface area contributed by atoms with Gasteiger partial charge in [-0.1, -0.05) is 42.5 Å². The Bertz CT molecular complexity index is 993. The molecule has 1 aliphatic rings. The average molecular weight is 402 g/mol. The van der Waals surface area contributed by atoms with E-state index in [9.17, 15) is 4.79 Å². The smallest absolute Gasteiger partial charge is 0.270 e. The fourth-order valence-corrected chi connectivity index (χ4v) is 3.73. The third-order valence-corrected chi connectivity index (χ3v) is 5.24. The molecule has 154 valence electrons. The summed E-state index contributed by atoms with van der Waals surface area (Å²) < 4.78 is 5.37. The minimum absolute atomic E-state index is 0.133. The molecule has 2 heterocycles. The van der Waals surface area contributed by atoms with Crippen molar-refractivity contribution in [2.45, 2.75) is 19.0 Å². The number of nitrogens with one attached hydrogen (secondary N) is 2. The number of amides is 1. The SMILES string of the molecule is COc1ccccc1Nc1ccnc(C(=O)NC2CCN(Cc3ccccc3)C2)c1. The highest BCUT2D eigenvalue weighted by molar-refractivity contribution is 5.93. The third-order valence-electron chi connectivity index (χ3n) is 5.24. The molecule has 0 aliphatic carbocycles. The van der Waals surface area contributed by atoms with E-state index < -0.39 is 0 Å². The predicted molar refractivity (Wildman–Crippen MR) is 118 cm³/mol. The van der Waals surface area contributed by atoms with Crippen molar-refractivity contribution in [3.05, 3.63) is 84.2 Å². The Morgan fingerprint density at radius 1 is 1.13 bits per heavy atom. The molecule has 1 saturated heterocycles. The fraction of sp³-hybridized carbons (Fsp3) is 0.250. The van der Waals surface area contributed by atoms with Gasteiger partial charge in [-0.25, -0.2) is 0 Å². The molecule has 6 nitrogen and oxygen atoms in total. The van der Waals surface area contributed by atoms with Crippen LogP contribution in [0.2, 0.25) is 0 Å². The van der Waals surface area contributed by atoms with Crippen LogP contribution in [0.4, 0.5) is 11.4 Å². The number of hydrogen-bond acceptors (Lipinski definition) is 5. The molecule has 1 unspecified atom stereocenters. The van der Waals surface area contributed by atoms with Gasteiger partial charge in [0, 0.05) is 37.6 Å². The maximum Gasteiger partial charge on any atom is 0.270 e. The zero-order chi connectivity index (χ0) is 20.8. The van der Waals surface area contributed by atoms with Crippen molar-refractivity contribution in [3.63, 3.8) is 0 Å². The highest BCUT2D eigenvalue weighted by Gasteiger charge is 2.24. The number of anilines is 2. The van der Waals surface area contributed by atoms with Gasteiger partial charge in [-0.05, 0) is 36.2 Å². The molecule has 30 heavy (non-hydrogen) atoms. The van der Waals surface area contributed by atoms with Crippen molar-refractivity contribution in [1.82, 2.24) is 15.2 Å². The van der Waals surface area contributed by atoms with Crippen LogP contribution in [-0.2, 0) is 6.54 Å². The lowest BCUT2D eigenvalue weighted by atomic mass is 10.2. The summed E-state index contributed by atoms with van der Waals surface area (Å²) in [5, 5.41) is 6.42. The molecular weight excluding hydrogens is 376 g/mol. The standard InChI is InChI=1S/C24H26N4O2/c1-30-23-10-6-5-9-21(23)26-19-11-13-25-22(15-19)24(29)27-20-12-14-28(17-20)16-18-7-3-2-4-8-18/h2-11,13,15,20H,12,14,16-17H2,1H3,(H,25,26)(H,27,29). The molecule has 0 radical (unpaired) electrons. The Balaban J connectivity index is 1.35. The van der Waals surface area contributed by atoms with Gasteiger partial charge < -0.3 is 15.4 Å². The minimum Gasteiger partial charge on any atom is -0.495 e. The molecule has 0 bridgehead atoms. The number of carbonyl (C=O) groups is 1. The number of para-hydroxylation sites is 2. The predicted octanol–water partition coefficient (Wildman–Crippen LogP) is 3.84. The summed E-state index contributed by atoms with van der Waals surface area (Å²) in [6, 6.07) is 21.8.